The molecule has 1 amide bonds. The molecule has 2 N–H and O–H groups in total. The molecule has 6 nitrogen and oxygen atoms in total. The number of hydrogen-bond acceptors (Lipinski definition) is 6. The molecule has 0 aliphatic heterocycles. The van der Waals surface area contributed by atoms with E-state index in [0.717, 1.165) is 16.0 Å². The van der Waals surface area contributed by atoms with E-state index in [9.17, 15) is 9.90 Å². The molecule has 1 unspecified atom stereocenters. The first-order chi connectivity index (χ1) is 13.6. The lowest BCUT2D eigenvalue weighted by Gasteiger charge is -2.10. The number of benzene rings is 2. The Balaban J connectivity index is 1.49. The summed E-state index contributed by atoms with van der Waals surface area (Å²) >= 11 is 1.38. The van der Waals surface area contributed by atoms with E-state index in [-0.39, 0.29) is 5.91 Å². The predicted molar refractivity (Wildman–Crippen MR) is 109 cm³/mol. The van der Waals surface area contributed by atoms with Gasteiger partial charge >= 0.3 is 0 Å². The first-order valence-corrected chi connectivity index (χ1v) is 9.40. The number of thiazole rings is 1. The molecule has 0 aliphatic carbocycles. The van der Waals surface area contributed by atoms with E-state index in [1.807, 2.05) is 24.3 Å². The Morgan fingerprint density at radius 1 is 1.14 bits per heavy atom. The molecule has 7 heteroatoms. The molecule has 4 aromatic rings. The fourth-order valence-corrected chi connectivity index (χ4v) is 3.67. The maximum absolute atomic E-state index is 12.5. The zero-order valence-electron chi connectivity index (χ0n) is 15.0. The summed E-state index contributed by atoms with van der Waals surface area (Å²) in [6.45, 7) is 0. The number of anilines is 1. The number of rotatable bonds is 5. The third kappa shape index (κ3) is 3.71. The monoisotopic (exact) mass is 391 g/mol. The number of methoxy groups -OCH3 is 1. The van der Waals surface area contributed by atoms with Gasteiger partial charge in [0, 0.05) is 11.8 Å². The molecule has 1 atom stereocenters. The Bertz CT molecular complexity index is 1110. The van der Waals surface area contributed by atoms with Crippen molar-refractivity contribution in [2.75, 3.05) is 12.4 Å². The second-order valence-electron chi connectivity index (χ2n) is 6.09. The van der Waals surface area contributed by atoms with E-state index in [2.05, 4.69) is 15.3 Å². The molecular weight excluding hydrogens is 374 g/mol. The van der Waals surface area contributed by atoms with Crippen molar-refractivity contribution in [3.8, 4) is 5.75 Å². The van der Waals surface area contributed by atoms with Crippen LogP contribution in [0.2, 0.25) is 0 Å². The molecule has 140 valence electrons. The normalized spacial score (nSPS) is 11.9. The van der Waals surface area contributed by atoms with Gasteiger partial charge in [-0.05, 0) is 48.0 Å². The second kappa shape index (κ2) is 7.75. The predicted octanol–water partition coefficient (Wildman–Crippen LogP) is 4.03. The van der Waals surface area contributed by atoms with Crippen LogP contribution in [0.15, 0.2) is 66.9 Å². The van der Waals surface area contributed by atoms with E-state index in [1.54, 1.807) is 49.7 Å². The molecule has 0 saturated heterocycles. The zero-order chi connectivity index (χ0) is 19.5. The summed E-state index contributed by atoms with van der Waals surface area (Å²) in [5.74, 6) is 0.487. The fourth-order valence-electron chi connectivity index (χ4n) is 2.78. The molecular formula is C21H17N3O3S. The van der Waals surface area contributed by atoms with Crippen LogP contribution in [-0.4, -0.2) is 28.1 Å². The van der Waals surface area contributed by atoms with Crippen molar-refractivity contribution in [3.05, 3.63) is 83.7 Å². The third-order valence-electron chi connectivity index (χ3n) is 4.27. The molecule has 0 spiro atoms. The van der Waals surface area contributed by atoms with Gasteiger partial charge in [-0.3, -0.25) is 15.1 Å². The molecule has 0 radical (unpaired) electrons. The van der Waals surface area contributed by atoms with Crippen LogP contribution < -0.4 is 10.1 Å². The summed E-state index contributed by atoms with van der Waals surface area (Å²) in [6.07, 6.45) is 0.797. The Morgan fingerprint density at radius 2 is 1.96 bits per heavy atom. The van der Waals surface area contributed by atoms with Gasteiger partial charge in [0.2, 0.25) is 0 Å². The lowest BCUT2D eigenvalue weighted by molar-refractivity contribution is 0.102. The van der Waals surface area contributed by atoms with Crippen LogP contribution in [0.3, 0.4) is 0 Å². The van der Waals surface area contributed by atoms with Gasteiger partial charge in [0.15, 0.2) is 5.13 Å². The molecule has 0 bridgehead atoms. The summed E-state index contributed by atoms with van der Waals surface area (Å²) < 4.78 is 6.14. The molecule has 2 aromatic carbocycles. The number of pyridine rings is 1. The maximum Gasteiger partial charge on any atom is 0.257 e. The van der Waals surface area contributed by atoms with Crippen molar-refractivity contribution in [1.82, 2.24) is 9.97 Å². The number of ether oxygens (including phenoxy) is 1. The number of fused-ring (bicyclic) bond motifs is 1. The average molecular weight is 391 g/mol. The van der Waals surface area contributed by atoms with Crippen molar-refractivity contribution in [2.45, 2.75) is 6.10 Å². The molecule has 28 heavy (non-hydrogen) atoms. The average Bonchev–Trinajstić information content (AvgIpc) is 3.15. The van der Waals surface area contributed by atoms with Crippen LogP contribution in [0.4, 0.5) is 5.13 Å². The van der Waals surface area contributed by atoms with Gasteiger partial charge < -0.3 is 9.84 Å². The largest absolute Gasteiger partial charge is 0.497 e. The fraction of sp³-hybridized carbons (Fsp3) is 0.0952. The Kier molecular flexibility index (Phi) is 5.01. The van der Waals surface area contributed by atoms with Gasteiger partial charge in [-0.1, -0.05) is 29.5 Å². The lowest BCUT2D eigenvalue weighted by Crippen LogP contribution is -2.12. The van der Waals surface area contributed by atoms with Crippen LogP contribution >= 0.6 is 11.3 Å². The van der Waals surface area contributed by atoms with Crippen molar-refractivity contribution in [1.29, 1.82) is 0 Å². The standard InChI is InChI=1S/C21H17N3O3S/c1-27-15-9-10-16-18(12-15)28-21(23-16)24-20(26)14-7-5-13(6-8-14)19(25)17-4-2-3-11-22-17/h2-12,19,25H,1H3,(H,23,24,26). The number of nitrogens with zero attached hydrogens (tertiary/aromatic N) is 2. The molecule has 0 saturated carbocycles. The topological polar surface area (TPSA) is 84.3 Å². The Labute approximate surface area is 165 Å². The van der Waals surface area contributed by atoms with E-state index < -0.39 is 6.10 Å². The van der Waals surface area contributed by atoms with Crippen LogP contribution in [0, 0.1) is 0 Å². The lowest BCUT2D eigenvalue weighted by atomic mass is 10.0. The molecule has 2 heterocycles. The molecule has 2 aromatic heterocycles. The van der Waals surface area contributed by atoms with Crippen molar-refractivity contribution >= 4 is 32.6 Å². The second-order valence-corrected chi connectivity index (χ2v) is 7.12. The van der Waals surface area contributed by atoms with Crippen molar-refractivity contribution in [2.24, 2.45) is 0 Å². The number of carbonyl (C=O) groups is 1. The van der Waals surface area contributed by atoms with Gasteiger partial charge in [-0.15, -0.1) is 0 Å². The van der Waals surface area contributed by atoms with E-state index >= 15 is 0 Å². The smallest absolute Gasteiger partial charge is 0.257 e. The van der Waals surface area contributed by atoms with E-state index in [4.69, 9.17) is 4.74 Å². The van der Waals surface area contributed by atoms with Gasteiger partial charge in [-0.25, -0.2) is 4.98 Å². The number of carbonyl (C=O) groups excluding carboxylic acids is 1. The number of aliphatic hydroxyl groups is 1. The van der Waals surface area contributed by atoms with Crippen molar-refractivity contribution < 1.29 is 14.6 Å². The first kappa shape index (κ1) is 18.1. The summed E-state index contributed by atoms with van der Waals surface area (Å²) in [7, 11) is 1.61. The van der Waals surface area contributed by atoms with Gasteiger partial charge in [-0.2, -0.15) is 0 Å². The summed E-state index contributed by atoms with van der Waals surface area (Å²) in [5.41, 5.74) is 2.51. The van der Waals surface area contributed by atoms with E-state index in [1.165, 1.54) is 11.3 Å². The third-order valence-corrected chi connectivity index (χ3v) is 5.21. The summed E-state index contributed by atoms with van der Waals surface area (Å²) in [5, 5.41) is 13.7. The van der Waals surface area contributed by atoms with Crippen LogP contribution in [0.1, 0.15) is 27.7 Å². The first-order valence-electron chi connectivity index (χ1n) is 8.59. The SMILES string of the molecule is COc1ccc2nc(NC(=O)c3ccc(C(O)c4ccccn4)cc3)sc2c1. The van der Waals surface area contributed by atoms with Crippen LogP contribution in [0.25, 0.3) is 10.2 Å². The highest BCUT2D eigenvalue weighted by atomic mass is 32.1. The minimum absolute atomic E-state index is 0.259. The molecule has 0 fully saturated rings. The summed E-state index contributed by atoms with van der Waals surface area (Å²) in [6, 6.07) is 17.7. The highest BCUT2D eigenvalue weighted by Gasteiger charge is 2.14. The van der Waals surface area contributed by atoms with Gasteiger partial charge in [0.25, 0.3) is 5.91 Å². The van der Waals surface area contributed by atoms with Gasteiger partial charge in [0.1, 0.15) is 11.9 Å². The Morgan fingerprint density at radius 3 is 2.68 bits per heavy atom. The number of amides is 1. The van der Waals surface area contributed by atoms with E-state index in [0.29, 0.717) is 22.0 Å². The van der Waals surface area contributed by atoms with Gasteiger partial charge in [0.05, 0.1) is 23.0 Å². The van der Waals surface area contributed by atoms with Crippen LogP contribution in [0.5, 0.6) is 5.75 Å². The van der Waals surface area contributed by atoms with Crippen LogP contribution in [-0.2, 0) is 0 Å². The number of aromatic nitrogens is 2. The molecule has 0 aliphatic rings. The highest BCUT2D eigenvalue weighted by molar-refractivity contribution is 7.22. The number of nitrogens with one attached hydrogen (secondary N) is 1. The number of hydrogen-bond donors (Lipinski definition) is 2. The molecule has 4 rings (SSSR count). The maximum atomic E-state index is 12.5. The Hall–Kier alpha value is -3.29. The number of aliphatic hydroxyl groups excluding tert-OH is 1. The van der Waals surface area contributed by atoms with Crippen molar-refractivity contribution in [3.63, 3.8) is 0 Å². The quantitative estimate of drug-likeness (QED) is 0.536. The highest BCUT2D eigenvalue weighted by Crippen LogP contribution is 2.29. The minimum atomic E-state index is -0.836. The minimum Gasteiger partial charge on any atom is -0.497 e. The zero-order valence-corrected chi connectivity index (χ0v) is 15.8. The summed E-state index contributed by atoms with van der Waals surface area (Å²) in [4.78, 5) is 21.1.